The quantitative estimate of drug-likeness (QED) is 0.162. The summed E-state index contributed by atoms with van der Waals surface area (Å²) in [5.41, 5.74) is 12.1. The molecule has 0 saturated heterocycles. The van der Waals surface area contributed by atoms with E-state index in [1.165, 1.54) is 54.9 Å². The molecule has 0 amide bonds. The number of pyridine rings is 2. The SMILES string of the molecule is CC(C)c1cccc(C(C)C)c1-c1ccnc(-n2c3[c-]c4c(cc3c3ccc(C(C)(C)C)cc32)c2ccc(C(C)(C)C)cc2n4-c2ccccn2)c1.[C-]#N.[Pt+2]. The van der Waals surface area contributed by atoms with Gasteiger partial charge in [-0.3, -0.25) is 0 Å². The largest absolute Gasteiger partial charge is 2.00 e. The first-order chi connectivity index (χ1) is 25.7. The minimum atomic E-state index is -0.0158. The van der Waals surface area contributed by atoms with E-state index >= 15 is 0 Å². The first-order valence-corrected chi connectivity index (χ1v) is 19.0. The molecule has 5 nitrogen and oxygen atoms in total. The van der Waals surface area contributed by atoms with E-state index in [0.717, 1.165) is 33.7 Å². The summed E-state index contributed by atoms with van der Waals surface area (Å²) in [5.74, 6) is 2.56. The van der Waals surface area contributed by atoms with Crippen LogP contribution in [-0.2, 0) is 31.9 Å². The van der Waals surface area contributed by atoms with Gasteiger partial charge >= 0.3 is 21.1 Å². The molecule has 0 saturated carbocycles. The molecule has 4 aromatic carbocycles. The van der Waals surface area contributed by atoms with Crippen molar-refractivity contribution in [2.75, 3.05) is 0 Å². The molecule has 0 fully saturated rings. The monoisotopic (exact) mass is 902 g/mol. The maximum Gasteiger partial charge on any atom is 2.00 e. The minimum absolute atomic E-state index is 0. The number of rotatable bonds is 5. The van der Waals surface area contributed by atoms with Gasteiger partial charge in [0.2, 0.25) is 0 Å². The molecule has 0 unspecified atom stereocenters. The molecule has 8 aromatic rings. The second-order valence-electron chi connectivity index (χ2n) is 17.1. The van der Waals surface area contributed by atoms with Crippen LogP contribution in [0.5, 0.6) is 0 Å². The maximum absolute atomic E-state index is 6.25. The Hall–Kier alpha value is -5.04. The van der Waals surface area contributed by atoms with Crippen molar-refractivity contribution < 1.29 is 21.1 Å². The third-order valence-electron chi connectivity index (χ3n) is 10.8. The fourth-order valence-electron chi connectivity index (χ4n) is 7.90. The molecule has 6 heteroatoms. The fraction of sp³-hybridized carbons (Fsp3) is 0.286. The van der Waals surface area contributed by atoms with Crippen LogP contribution in [0.2, 0.25) is 0 Å². The average Bonchev–Trinajstić information content (AvgIpc) is 3.65. The molecule has 0 aliphatic rings. The molecular formula is C49H49N5Pt. The van der Waals surface area contributed by atoms with Gasteiger partial charge in [0.15, 0.2) is 0 Å². The van der Waals surface area contributed by atoms with E-state index in [0.29, 0.717) is 11.8 Å². The number of nitrogens with zero attached hydrogens (tertiary/aromatic N) is 5. The summed E-state index contributed by atoms with van der Waals surface area (Å²) in [6.45, 7) is 27.6. The average molecular weight is 903 g/mol. The van der Waals surface area contributed by atoms with E-state index < -0.39 is 0 Å². The molecule has 0 spiro atoms. The van der Waals surface area contributed by atoms with Gasteiger partial charge in [-0.05, 0) is 103 Å². The van der Waals surface area contributed by atoms with E-state index in [9.17, 15) is 0 Å². The molecule has 8 rings (SSSR count). The summed E-state index contributed by atoms with van der Waals surface area (Å²) in [4.78, 5) is 9.98. The van der Waals surface area contributed by atoms with Crippen LogP contribution >= 0.6 is 0 Å². The zero-order chi connectivity index (χ0) is 38.7. The van der Waals surface area contributed by atoms with Gasteiger partial charge in [-0.25, -0.2) is 9.97 Å². The number of hydrogen-bond acceptors (Lipinski definition) is 3. The van der Waals surface area contributed by atoms with Crippen molar-refractivity contribution in [3.05, 3.63) is 138 Å². The number of fused-ring (bicyclic) bond motifs is 6. The predicted molar refractivity (Wildman–Crippen MR) is 226 cm³/mol. The Bertz CT molecular complexity index is 2670. The van der Waals surface area contributed by atoms with Crippen LogP contribution in [0.4, 0.5) is 0 Å². The zero-order valence-corrected chi connectivity index (χ0v) is 35.8. The molecule has 0 radical (unpaired) electrons. The summed E-state index contributed by atoms with van der Waals surface area (Å²) in [6, 6.07) is 37.6. The van der Waals surface area contributed by atoms with E-state index in [4.69, 9.17) is 21.8 Å². The molecular weight excluding hydrogens is 854 g/mol. The molecule has 0 aliphatic heterocycles. The first-order valence-electron chi connectivity index (χ1n) is 19.0. The standard InChI is InChI=1S/C48H49N4.CN.Pt/c1-29(2)34-14-13-15-35(30(3)4)46(34)31-21-23-50-45(24-31)52-41-26-33(48(8,9)10)18-20-37(41)39-27-38-36-19-17-32(47(5,6)7)25-40(36)51(42(38)28-43(39)52)44-16-11-12-22-49-44;1-2;/h11-27,29-30H,1-10H3;;/q2*-1;+2. The van der Waals surface area contributed by atoms with Crippen molar-refractivity contribution in [3.8, 4) is 22.8 Å². The van der Waals surface area contributed by atoms with E-state index in [2.05, 4.69) is 169 Å². The number of aromatic nitrogens is 4. The Morgan fingerprint density at radius 2 is 1.07 bits per heavy atom. The third kappa shape index (κ3) is 6.91. The van der Waals surface area contributed by atoms with Crippen LogP contribution in [0.15, 0.2) is 103 Å². The molecule has 4 heterocycles. The van der Waals surface area contributed by atoms with Crippen LogP contribution < -0.4 is 0 Å². The summed E-state index contributed by atoms with van der Waals surface area (Å²) in [6.07, 6.45) is 3.86. The van der Waals surface area contributed by atoms with Crippen molar-refractivity contribution >= 4 is 43.6 Å². The van der Waals surface area contributed by atoms with Crippen molar-refractivity contribution in [1.82, 2.24) is 19.1 Å². The van der Waals surface area contributed by atoms with Crippen LogP contribution in [0.3, 0.4) is 0 Å². The van der Waals surface area contributed by atoms with Gasteiger partial charge < -0.3 is 21.0 Å². The van der Waals surface area contributed by atoms with Crippen LogP contribution in [-0.4, -0.2) is 19.1 Å². The van der Waals surface area contributed by atoms with Gasteiger partial charge in [-0.2, -0.15) is 6.07 Å². The molecule has 0 N–H and O–H groups in total. The van der Waals surface area contributed by atoms with Crippen LogP contribution in [0, 0.1) is 17.9 Å². The second-order valence-corrected chi connectivity index (χ2v) is 17.1. The van der Waals surface area contributed by atoms with Crippen LogP contribution in [0.1, 0.15) is 103 Å². The zero-order valence-electron chi connectivity index (χ0n) is 33.5. The van der Waals surface area contributed by atoms with Gasteiger partial charge in [-0.1, -0.05) is 129 Å². The fourth-order valence-corrected chi connectivity index (χ4v) is 7.90. The van der Waals surface area contributed by atoms with E-state index in [1.807, 2.05) is 18.5 Å². The Kier molecular flexibility index (Phi) is 10.7. The normalized spacial score (nSPS) is 12.1. The van der Waals surface area contributed by atoms with Crippen molar-refractivity contribution in [3.63, 3.8) is 0 Å². The minimum Gasteiger partial charge on any atom is -0.512 e. The van der Waals surface area contributed by atoms with Gasteiger partial charge in [0.1, 0.15) is 11.6 Å². The second kappa shape index (κ2) is 14.9. The Morgan fingerprint density at radius 3 is 1.55 bits per heavy atom. The molecule has 0 bridgehead atoms. The molecule has 55 heavy (non-hydrogen) atoms. The van der Waals surface area contributed by atoms with Gasteiger partial charge in [-0.15, -0.1) is 16.8 Å². The molecule has 4 aromatic heterocycles. The molecule has 0 atom stereocenters. The van der Waals surface area contributed by atoms with Crippen LogP contribution in [0.25, 0.3) is 66.4 Å². The summed E-state index contributed by atoms with van der Waals surface area (Å²) >= 11 is 0. The number of hydrogen-bond donors (Lipinski definition) is 0. The number of benzene rings is 4. The first kappa shape index (κ1) is 39.6. The third-order valence-corrected chi connectivity index (χ3v) is 10.8. The van der Waals surface area contributed by atoms with Gasteiger partial charge in [0.05, 0.1) is 0 Å². The Labute approximate surface area is 340 Å². The maximum atomic E-state index is 6.25. The summed E-state index contributed by atoms with van der Waals surface area (Å²) in [5, 5.41) is 11.0. The van der Waals surface area contributed by atoms with Crippen molar-refractivity contribution in [1.29, 1.82) is 5.26 Å². The predicted octanol–water partition coefficient (Wildman–Crippen LogP) is 13.1. The smallest absolute Gasteiger partial charge is 0.512 e. The molecule has 0 aliphatic carbocycles. The van der Waals surface area contributed by atoms with Gasteiger partial charge in [0, 0.05) is 23.4 Å². The molecule has 280 valence electrons. The van der Waals surface area contributed by atoms with Crippen molar-refractivity contribution in [2.24, 2.45) is 0 Å². The topological polar surface area (TPSA) is 59.4 Å². The summed E-state index contributed by atoms with van der Waals surface area (Å²) in [7, 11) is 0. The van der Waals surface area contributed by atoms with E-state index in [1.54, 1.807) is 0 Å². The van der Waals surface area contributed by atoms with Gasteiger partial charge in [0.25, 0.3) is 0 Å². The van der Waals surface area contributed by atoms with E-state index in [-0.39, 0.29) is 31.9 Å². The van der Waals surface area contributed by atoms with Crippen molar-refractivity contribution in [2.45, 2.75) is 91.9 Å². The Balaban J connectivity index is 0.00000169. The summed E-state index contributed by atoms with van der Waals surface area (Å²) < 4.78 is 4.64. The Morgan fingerprint density at radius 1 is 0.564 bits per heavy atom.